The zero-order valence-corrected chi connectivity index (χ0v) is 8.34. The van der Waals surface area contributed by atoms with Gasteiger partial charge in [0.2, 0.25) is 0 Å². The Morgan fingerprint density at radius 3 is 3.38 bits per heavy atom. The quantitative estimate of drug-likeness (QED) is 0.690. The summed E-state index contributed by atoms with van der Waals surface area (Å²) in [6.07, 6.45) is 4.01. The van der Waals surface area contributed by atoms with E-state index in [0.29, 0.717) is 6.10 Å². The van der Waals surface area contributed by atoms with Gasteiger partial charge in [-0.2, -0.15) is 0 Å². The number of hydrogen-bond donors (Lipinski definition) is 1. The third kappa shape index (κ3) is 1.73. The summed E-state index contributed by atoms with van der Waals surface area (Å²) < 4.78 is 11.1. The van der Waals surface area contributed by atoms with Crippen molar-refractivity contribution in [3.8, 4) is 0 Å². The molecule has 0 aromatic heterocycles. The number of hydrogen-bond acceptors (Lipinski definition) is 3. The van der Waals surface area contributed by atoms with Crippen molar-refractivity contribution in [2.75, 3.05) is 33.4 Å². The number of fused-ring (bicyclic) bond motifs is 1. The lowest BCUT2D eigenvalue weighted by atomic mass is 9.74. The molecule has 1 N–H and O–H groups in total. The first-order valence-electron chi connectivity index (χ1n) is 5.19. The van der Waals surface area contributed by atoms with Crippen molar-refractivity contribution in [1.29, 1.82) is 0 Å². The first-order valence-corrected chi connectivity index (χ1v) is 5.19. The Morgan fingerprint density at radius 2 is 2.54 bits per heavy atom. The van der Waals surface area contributed by atoms with Gasteiger partial charge in [-0.25, -0.2) is 0 Å². The predicted molar refractivity (Wildman–Crippen MR) is 50.8 cm³/mol. The minimum Gasteiger partial charge on any atom is -0.384 e. The van der Waals surface area contributed by atoms with Crippen LogP contribution in [0.25, 0.3) is 0 Å². The molecule has 2 aliphatic rings. The molecule has 13 heavy (non-hydrogen) atoms. The van der Waals surface area contributed by atoms with Crippen molar-refractivity contribution in [1.82, 2.24) is 5.32 Å². The van der Waals surface area contributed by atoms with Gasteiger partial charge in [0.15, 0.2) is 0 Å². The Balaban J connectivity index is 2.06. The molecule has 2 heterocycles. The number of piperidine rings is 1. The van der Waals surface area contributed by atoms with Crippen LogP contribution in [0.2, 0.25) is 0 Å². The van der Waals surface area contributed by atoms with Crippen LogP contribution in [-0.2, 0) is 9.47 Å². The van der Waals surface area contributed by atoms with E-state index in [1.165, 1.54) is 12.8 Å². The highest BCUT2D eigenvalue weighted by atomic mass is 16.5. The molecule has 0 unspecified atom stereocenters. The molecule has 2 fully saturated rings. The van der Waals surface area contributed by atoms with Crippen molar-refractivity contribution >= 4 is 0 Å². The molecule has 2 saturated heterocycles. The molecule has 0 aromatic rings. The molecule has 0 amide bonds. The summed E-state index contributed by atoms with van der Waals surface area (Å²) in [4.78, 5) is 0. The van der Waals surface area contributed by atoms with E-state index < -0.39 is 0 Å². The Bertz CT molecular complexity index is 155. The molecule has 2 aliphatic heterocycles. The first-order chi connectivity index (χ1) is 6.37. The van der Waals surface area contributed by atoms with Gasteiger partial charge in [-0.1, -0.05) is 0 Å². The van der Waals surface area contributed by atoms with Crippen molar-refractivity contribution in [3.05, 3.63) is 0 Å². The van der Waals surface area contributed by atoms with Crippen LogP contribution in [0.4, 0.5) is 0 Å². The lowest BCUT2D eigenvalue weighted by molar-refractivity contribution is -0.124. The van der Waals surface area contributed by atoms with Crippen LogP contribution < -0.4 is 5.32 Å². The third-order valence-corrected chi connectivity index (χ3v) is 3.31. The summed E-state index contributed by atoms with van der Waals surface area (Å²) >= 11 is 0. The van der Waals surface area contributed by atoms with Crippen molar-refractivity contribution < 1.29 is 9.47 Å². The summed E-state index contributed by atoms with van der Waals surface area (Å²) in [6.45, 7) is 3.93. The maximum atomic E-state index is 5.82. The van der Waals surface area contributed by atoms with Gasteiger partial charge >= 0.3 is 0 Å². The summed E-state index contributed by atoms with van der Waals surface area (Å²) in [7, 11) is 1.79. The van der Waals surface area contributed by atoms with Crippen LogP contribution in [0.5, 0.6) is 0 Å². The fourth-order valence-corrected chi connectivity index (χ4v) is 2.65. The van der Waals surface area contributed by atoms with E-state index >= 15 is 0 Å². The molecule has 0 radical (unpaired) electrons. The van der Waals surface area contributed by atoms with Gasteiger partial charge in [0.05, 0.1) is 12.7 Å². The minimum absolute atomic E-state index is 0.269. The largest absolute Gasteiger partial charge is 0.384 e. The number of rotatable bonds is 2. The molecule has 0 aromatic carbocycles. The molecular formula is C10H19NO2. The van der Waals surface area contributed by atoms with E-state index in [2.05, 4.69) is 5.32 Å². The lowest BCUT2D eigenvalue weighted by Gasteiger charge is -2.46. The molecule has 0 aliphatic carbocycles. The minimum atomic E-state index is 0.269. The SMILES string of the molecule is COC[C@]12CCCO[C@@H]1CCNC2. The summed E-state index contributed by atoms with van der Waals surface area (Å²) in [5, 5.41) is 3.45. The van der Waals surface area contributed by atoms with Gasteiger partial charge < -0.3 is 14.8 Å². The summed E-state index contributed by atoms with van der Waals surface area (Å²) in [5.41, 5.74) is 0.269. The Labute approximate surface area is 79.8 Å². The van der Waals surface area contributed by atoms with Crippen LogP contribution in [-0.4, -0.2) is 39.5 Å². The summed E-state index contributed by atoms with van der Waals surface area (Å²) in [5.74, 6) is 0. The standard InChI is InChI=1S/C10H19NO2/c1-12-8-10-4-2-6-13-9(10)3-5-11-7-10/h9,11H,2-8H2,1H3/t9-,10-/m1/s1. The van der Waals surface area contributed by atoms with Crippen molar-refractivity contribution in [3.63, 3.8) is 0 Å². The van der Waals surface area contributed by atoms with Gasteiger partial charge in [-0.05, 0) is 25.8 Å². The number of nitrogens with one attached hydrogen (secondary N) is 1. The molecule has 2 rings (SSSR count). The molecule has 0 saturated carbocycles. The van der Waals surface area contributed by atoms with Crippen LogP contribution in [0.1, 0.15) is 19.3 Å². The van der Waals surface area contributed by atoms with Gasteiger partial charge in [0, 0.05) is 25.7 Å². The van der Waals surface area contributed by atoms with E-state index in [4.69, 9.17) is 9.47 Å². The third-order valence-electron chi connectivity index (χ3n) is 3.31. The van der Waals surface area contributed by atoms with Crippen LogP contribution in [0.3, 0.4) is 0 Å². The average molecular weight is 185 g/mol. The normalized spacial score (nSPS) is 39.9. The Hall–Kier alpha value is -0.120. The number of methoxy groups -OCH3 is 1. The zero-order chi connectivity index (χ0) is 9.15. The highest BCUT2D eigenvalue weighted by molar-refractivity contribution is 4.95. The average Bonchev–Trinajstić information content (AvgIpc) is 2.18. The maximum absolute atomic E-state index is 5.82. The predicted octanol–water partition coefficient (Wildman–Crippen LogP) is 0.792. The smallest absolute Gasteiger partial charge is 0.0677 e. The van der Waals surface area contributed by atoms with Crippen molar-refractivity contribution in [2.24, 2.45) is 5.41 Å². The topological polar surface area (TPSA) is 30.5 Å². The number of ether oxygens (including phenoxy) is 2. The second kappa shape index (κ2) is 3.95. The van der Waals surface area contributed by atoms with E-state index in [9.17, 15) is 0 Å². The molecular weight excluding hydrogens is 166 g/mol. The second-order valence-corrected chi connectivity index (χ2v) is 4.22. The Morgan fingerprint density at radius 1 is 1.62 bits per heavy atom. The van der Waals surface area contributed by atoms with Gasteiger partial charge in [0.1, 0.15) is 0 Å². The van der Waals surface area contributed by atoms with Crippen molar-refractivity contribution in [2.45, 2.75) is 25.4 Å². The molecule has 3 heteroatoms. The van der Waals surface area contributed by atoms with E-state index in [0.717, 1.165) is 32.7 Å². The highest BCUT2D eigenvalue weighted by Gasteiger charge is 2.43. The lowest BCUT2D eigenvalue weighted by Crippen LogP contribution is -2.55. The fourth-order valence-electron chi connectivity index (χ4n) is 2.65. The zero-order valence-electron chi connectivity index (χ0n) is 8.34. The summed E-state index contributed by atoms with van der Waals surface area (Å²) in [6, 6.07) is 0. The van der Waals surface area contributed by atoms with E-state index in [-0.39, 0.29) is 5.41 Å². The molecule has 0 spiro atoms. The molecule has 76 valence electrons. The fraction of sp³-hybridized carbons (Fsp3) is 1.00. The monoisotopic (exact) mass is 185 g/mol. The molecule has 0 bridgehead atoms. The molecule has 3 nitrogen and oxygen atoms in total. The highest BCUT2D eigenvalue weighted by Crippen LogP contribution is 2.37. The van der Waals surface area contributed by atoms with Crippen LogP contribution >= 0.6 is 0 Å². The van der Waals surface area contributed by atoms with Gasteiger partial charge in [-0.3, -0.25) is 0 Å². The Kier molecular flexibility index (Phi) is 2.86. The van der Waals surface area contributed by atoms with Gasteiger partial charge in [0.25, 0.3) is 0 Å². The van der Waals surface area contributed by atoms with E-state index in [1.54, 1.807) is 7.11 Å². The second-order valence-electron chi connectivity index (χ2n) is 4.22. The molecule has 2 atom stereocenters. The van der Waals surface area contributed by atoms with E-state index in [1.807, 2.05) is 0 Å². The van der Waals surface area contributed by atoms with Gasteiger partial charge in [-0.15, -0.1) is 0 Å². The van der Waals surface area contributed by atoms with Crippen LogP contribution in [0, 0.1) is 5.41 Å². The maximum Gasteiger partial charge on any atom is 0.0677 e. The van der Waals surface area contributed by atoms with Crippen LogP contribution in [0.15, 0.2) is 0 Å². The first kappa shape index (κ1) is 9.44.